The number of nitrogens with zero attached hydrogens (tertiary/aromatic N) is 1. The minimum Gasteiger partial charge on any atom is -0.480 e. The highest BCUT2D eigenvalue weighted by Gasteiger charge is 2.24. The summed E-state index contributed by atoms with van der Waals surface area (Å²) in [7, 11) is 0. The molecule has 0 aromatic heterocycles. The van der Waals surface area contributed by atoms with Crippen LogP contribution >= 0.6 is 0 Å². The van der Waals surface area contributed by atoms with Gasteiger partial charge in [0.05, 0.1) is 6.07 Å². The van der Waals surface area contributed by atoms with Gasteiger partial charge >= 0.3 is 5.97 Å². The largest absolute Gasteiger partial charge is 0.480 e. The van der Waals surface area contributed by atoms with Crippen molar-refractivity contribution in [2.75, 3.05) is 0 Å². The number of nitrogens with one attached hydrogen (secondary N) is 1. The molecule has 2 N–H and O–H groups in total. The van der Waals surface area contributed by atoms with Crippen LogP contribution in [0.4, 0.5) is 0 Å². The topological polar surface area (TPSA) is 90.2 Å². The molecule has 13 heavy (non-hydrogen) atoms. The quantitative estimate of drug-likeness (QED) is 0.649. The fourth-order valence-corrected chi connectivity index (χ4v) is 0.928. The van der Waals surface area contributed by atoms with E-state index in [9.17, 15) is 9.59 Å². The van der Waals surface area contributed by atoms with Crippen LogP contribution in [0.15, 0.2) is 0 Å². The highest BCUT2D eigenvalue weighted by atomic mass is 16.4. The number of aliphatic carboxylic acids is 1. The van der Waals surface area contributed by atoms with Crippen molar-refractivity contribution in [1.82, 2.24) is 5.32 Å². The molecule has 5 heteroatoms. The Hall–Kier alpha value is -1.57. The lowest BCUT2D eigenvalue weighted by Crippen LogP contribution is -2.44. The summed E-state index contributed by atoms with van der Waals surface area (Å²) in [4.78, 5) is 21.2. The average molecular weight is 184 g/mol. The molecule has 72 valence electrons. The van der Waals surface area contributed by atoms with E-state index in [4.69, 9.17) is 10.4 Å². The van der Waals surface area contributed by atoms with Crippen LogP contribution in [-0.2, 0) is 9.59 Å². The van der Waals surface area contributed by atoms with Gasteiger partial charge in [0.15, 0.2) is 0 Å². The third-order valence-corrected chi connectivity index (χ3v) is 1.61. The summed E-state index contributed by atoms with van der Waals surface area (Å²) in [6.07, 6.45) is 0.108. The number of amides is 1. The fourth-order valence-electron chi connectivity index (χ4n) is 0.928. The van der Waals surface area contributed by atoms with E-state index in [0.717, 1.165) is 0 Å². The molecule has 0 aliphatic heterocycles. The smallest absolute Gasteiger partial charge is 0.326 e. The van der Waals surface area contributed by atoms with E-state index in [1.165, 1.54) is 6.92 Å². The van der Waals surface area contributed by atoms with Crippen LogP contribution in [0, 0.1) is 17.2 Å². The zero-order valence-electron chi connectivity index (χ0n) is 7.57. The Balaban J connectivity index is 4.34. The summed E-state index contributed by atoms with van der Waals surface area (Å²) < 4.78 is 0. The minimum atomic E-state index is -1.11. The monoisotopic (exact) mass is 184 g/mol. The maximum Gasteiger partial charge on any atom is 0.326 e. The third kappa shape index (κ3) is 4.11. The van der Waals surface area contributed by atoms with Gasteiger partial charge in [-0.1, -0.05) is 6.92 Å². The van der Waals surface area contributed by atoms with E-state index in [0.29, 0.717) is 0 Å². The second-order valence-corrected chi connectivity index (χ2v) is 2.86. The van der Waals surface area contributed by atoms with Crippen molar-refractivity contribution >= 4 is 11.9 Å². The number of carbonyl (C=O) groups excluding carboxylic acids is 1. The Morgan fingerprint density at radius 3 is 2.46 bits per heavy atom. The summed E-state index contributed by atoms with van der Waals surface area (Å²) in [5, 5.41) is 19.3. The second-order valence-electron chi connectivity index (χ2n) is 2.86. The normalized spacial score (nSPS) is 13.9. The highest BCUT2D eigenvalue weighted by molar-refractivity contribution is 5.82. The van der Waals surface area contributed by atoms with Gasteiger partial charge in [0.2, 0.25) is 5.91 Å². The van der Waals surface area contributed by atoms with Gasteiger partial charge in [-0.05, 0) is 0 Å². The van der Waals surface area contributed by atoms with Crippen LogP contribution in [-0.4, -0.2) is 23.0 Å². The standard InChI is InChI=1S/C8H12N2O3/c1-5(3-4-9)7(8(12)13)10-6(2)11/h5,7H,3H2,1-2H3,(H,10,11)(H,12,13)/t5-,7+/m1/s1. The first-order valence-electron chi connectivity index (χ1n) is 3.86. The van der Waals surface area contributed by atoms with Gasteiger partial charge in [-0.2, -0.15) is 5.26 Å². The first-order chi connectivity index (χ1) is 5.99. The van der Waals surface area contributed by atoms with Crippen molar-refractivity contribution in [2.24, 2.45) is 5.92 Å². The number of rotatable bonds is 4. The molecule has 0 rings (SSSR count). The van der Waals surface area contributed by atoms with Crippen LogP contribution < -0.4 is 5.32 Å². The summed E-state index contributed by atoms with van der Waals surface area (Å²) in [5.74, 6) is -1.90. The SMILES string of the molecule is CC(=O)N[C@H](C(=O)O)[C@H](C)CC#N. The van der Waals surface area contributed by atoms with Crippen molar-refractivity contribution in [1.29, 1.82) is 5.26 Å². The average Bonchev–Trinajstić information content (AvgIpc) is 1.99. The third-order valence-electron chi connectivity index (χ3n) is 1.61. The van der Waals surface area contributed by atoms with E-state index >= 15 is 0 Å². The Morgan fingerprint density at radius 1 is 1.62 bits per heavy atom. The minimum absolute atomic E-state index is 0.108. The van der Waals surface area contributed by atoms with E-state index in [1.54, 1.807) is 6.92 Å². The molecule has 0 aliphatic carbocycles. The summed E-state index contributed by atoms with van der Waals surface area (Å²) in [5.41, 5.74) is 0. The molecule has 0 heterocycles. The summed E-state index contributed by atoms with van der Waals surface area (Å²) in [6, 6.07) is 0.887. The van der Waals surface area contributed by atoms with Crippen LogP contribution in [0.5, 0.6) is 0 Å². The van der Waals surface area contributed by atoms with Gasteiger partial charge in [-0.3, -0.25) is 4.79 Å². The van der Waals surface area contributed by atoms with E-state index in [-0.39, 0.29) is 12.3 Å². The molecule has 0 unspecified atom stereocenters. The van der Waals surface area contributed by atoms with Crippen molar-refractivity contribution < 1.29 is 14.7 Å². The van der Waals surface area contributed by atoms with Gasteiger partial charge in [0.1, 0.15) is 6.04 Å². The Bertz CT molecular complexity index is 244. The first-order valence-corrected chi connectivity index (χ1v) is 3.86. The van der Waals surface area contributed by atoms with Gasteiger partial charge in [-0.15, -0.1) is 0 Å². The zero-order valence-corrected chi connectivity index (χ0v) is 7.57. The van der Waals surface area contributed by atoms with Crippen LogP contribution in [0.25, 0.3) is 0 Å². The zero-order chi connectivity index (χ0) is 10.4. The molecular formula is C8H12N2O3. The molecule has 0 spiro atoms. The van der Waals surface area contributed by atoms with Gasteiger partial charge < -0.3 is 10.4 Å². The van der Waals surface area contributed by atoms with Gasteiger partial charge in [0.25, 0.3) is 0 Å². The van der Waals surface area contributed by atoms with Crippen molar-refractivity contribution in [3.63, 3.8) is 0 Å². The van der Waals surface area contributed by atoms with Crippen LogP contribution in [0.1, 0.15) is 20.3 Å². The van der Waals surface area contributed by atoms with Crippen LogP contribution in [0.3, 0.4) is 0 Å². The maximum absolute atomic E-state index is 10.6. The molecule has 0 saturated heterocycles. The lowest BCUT2D eigenvalue weighted by atomic mass is 9.99. The molecule has 0 aliphatic rings. The predicted octanol–water partition coefficient (Wildman–Crippen LogP) is 0.125. The molecular weight excluding hydrogens is 172 g/mol. The Labute approximate surface area is 76.4 Å². The molecule has 1 amide bonds. The van der Waals surface area contributed by atoms with Gasteiger partial charge in [-0.25, -0.2) is 4.79 Å². The summed E-state index contributed by atoms with van der Waals surface area (Å²) >= 11 is 0. The lowest BCUT2D eigenvalue weighted by molar-refractivity contribution is -0.142. The van der Waals surface area contributed by atoms with Crippen molar-refractivity contribution in [2.45, 2.75) is 26.3 Å². The molecule has 5 nitrogen and oxygen atoms in total. The van der Waals surface area contributed by atoms with E-state index < -0.39 is 17.9 Å². The Morgan fingerprint density at radius 2 is 2.15 bits per heavy atom. The predicted molar refractivity (Wildman–Crippen MR) is 44.6 cm³/mol. The molecule has 2 atom stereocenters. The number of hydrogen-bond acceptors (Lipinski definition) is 3. The van der Waals surface area contributed by atoms with E-state index in [1.807, 2.05) is 6.07 Å². The molecule has 0 radical (unpaired) electrons. The fraction of sp³-hybridized carbons (Fsp3) is 0.625. The number of hydrogen-bond donors (Lipinski definition) is 2. The lowest BCUT2D eigenvalue weighted by Gasteiger charge is -2.17. The van der Waals surface area contributed by atoms with Gasteiger partial charge in [0, 0.05) is 19.3 Å². The van der Waals surface area contributed by atoms with E-state index in [2.05, 4.69) is 5.32 Å². The first kappa shape index (κ1) is 11.4. The molecule has 0 aromatic rings. The molecule has 0 bridgehead atoms. The van der Waals surface area contributed by atoms with Crippen molar-refractivity contribution in [3.8, 4) is 6.07 Å². The molecule has 0 aromatic carbocycles. The molecule has 0 saturated carbocycles. The number of carboxylic acids is 1. The highest BCUT2D eigenvalue weighted by Crippen LogP contribution is 2.07. The summed E-state index contributed by atoms with van der Waals surface area (Å²) in [6.45, 7) is 2.85. The second kappa shape index (κ2) is 5.14. The number of nitriles is 1. The number of carboxylic acid groups (broad SMARTS) is 1. The maximum atomic E-state index is 10.6. The Kier molecular flexibility index (Phi) is 4.52. The van der Waals surface area contributed by atoms with Crippen molar-refractivity contribution in [3.05, 3.63) is 0 Å². The van der Waals surface area contributed by atoms with Crippen LogP contribution in [0.2, 0.25) is 0 Å². The molecule has 0 fully saturated rings. The number of carbonyl (C=O) groups is 2.